The molecule has 0 aromatic heterocycles. The molecular weight excluding hydrogens is 202 g/mol. The van der Waals surface area contributed by atoms with Gasteiger partial charge in [-0.15, -0.1) is 0 Å². The molecule has 0 aromatic rings. The zero-order valence-corrected chi connectivity index (χ0v) is 10.9. The standard InChI is InChI=1S/C13H25NO2/c1-5-6-11(12(15)16)14-10-7-9(8-10)13(2,3)4/h9-11,14H,5-8H2,1-4H3,(H,15,16). The van der Waals surface area contributed by atoms with Gasteiger partial charge in [0.05, 0.1) is 0 Å². The van der Waals surface area contributed by atoms with Crippen molar-refractivity contribution in [2.45, 2.75) is 65.5 Å². The van der Waals surface area contributed by atoms with Crippen LogP contribution in [-0.4, -0.2) is 23.2 Å². The van der Waals surface area contributed by atoms with Gasteiger partial charge in [0, 0.05) is 6.04 Å². The molecule has 1 aliphatic rings. The number of carboxylic acids is 1. The van der Waals surface area contributed by atoms with Crippen LogP contribution in [0.25, 0.3) is 0 Å². The Labute approximate surface area is 98.6 Å². The first-order chi connectivity index (χ1) is 7.34. The average Bonchev–Trinajstić information content (AvgIpc) is 2.05. The van der Waals surface area contributed by atoms with Gasteiger partial charge in [0.25, 0.3) is 0 Å². The van der Waals surface area contributed by atoms with Crippen LogP contribution in [0.15, 0.2) is 0 Å². The van der Waals surface area contributed by atoms with Crippen molar-refractivity contribution in [2.24, 2.45) is 11.3 Å². The summed E-state index contributed by atoms with van der Waals surface area (Å²) < 4.78 is 0. The lowest BCUT2D eigenvalue weighted by molar-refractivity contribution is -0.140. The normalized spacial score (nSPS) is 27.2. The van der Waals surface area contributed by atoms with Crippen LogP contribution < -0.4 is 5.32 Å². The monoisotopic (exact) mass is 227 g/mol. The van der Waals surface area contributed by atoms with E-state index in [2.05, 4.69) is 26.1 Å². The molecule has 2 N–H and O–H groups in total. The summed E-state index contributed by atoms with van der Waals surface area (Å²) in [5.74, 6) is 0.0298. The molecular formula is C13H25NO2. The molecule has 1 unspecified atom stereocenters. The zero-order chi connectivity index (χ0) is 12.3. The fourth-order valence-electron chi connectivity index (χ4n) is 2.31. The van der Waals surface area contributed by atoms with E-state index in [1.54, 1.807) is 0 Å². The summed E-state index contributed by atoms with van der Waals surface area (Å²) in [7, 11) is 0. The number of carboxylic acid groups (broad SMARTS) is 1. The Balaban J connectivity index is 2.32. The Morgan fingerprint density at radius 1 is 1.44 bits per heavy atom. The molecule has 1 atom stereocenters. The van der Waals surface area contributed by atoms with E-state index in [1.807, 2.05) is 6.92 Å². The molecule has 3 nitrogen and oxygen atoms in total. The maximum absolute atomic E-state index is 11.0. The Morgan fingerprint density at radius 3 is 2.38 bits per heavy atom. The van der Waals surface area contributed by atoms with Gasteiger partial charge >= 0.3 is 5.97 Å². The molecule has 0 amide bonds. The first kappa shape index (κ1) is 13.5. The fraction of sp³-hybridized carbons (Fsp3) is 0.923. The summed E-state index contributed by atoms with van der Waals surface area (Å²) in [6, 6.07) is 0.0628. The fourth-order valence-corrected chi connectivity index (χ4v) is 2.31. The highest BCUT2D eigenvalue weighted by atomic mass is 16.4. The van der Waals surface area contributed by atoms with Crippen LogP contribution in [0.5, 0.6) is 0 Å². The minimum atomic E-state index is -0.707. The molecule has 1 saturated carbocycles. The van der Waals surface area contributed by atoms with Gasteiger partial charge in [-0.2, -0.15) is 0 Å². The Kier molecular flexibility index (Phi) is 4.36. The van der Waals surface area contributed by atoms with Gasteiger partial charge in [-0.1, -0.05) is 34.1 Å². The van der Waals surface area contributed by atoms with Crippen molar-refractivity contribution in [1.29, 1.82) is 0 Å². The number of hydrogen-bond acceptors (Lipinski definition) is 2. The molecule has 1 rings (SSSR count). The topological polar surface area (TPSA) is 49.3 Å². The number of carbonyl (C=O) groups is 1. The molecule has 0 aliphatic heterocycles. The lowest BCUT2D eigenvalue weighted by Gasteiger charge is -2.45. The van der Waals surface area contributed by atoms with Gasteiger partial charge in [0.15, 0.2) is 0 Å². The molecule has 0 bridgehead atoms. The summed E-state index contributed by atoms with van der Waals surface area (Å²) >= 11 is 0. The minimum Gasteiger partial charge on any atom is -0.480 e. The van der Waals surface area contributed by atoms with Crippen molar-refractivity contribution >= 4 is 5.97 Å². The summed E-state index contributed by atoms with van der Waals surface area (Å²) in [5.41, 5.74) is 0.363. The van der Waals surface area contributed by atoms with Gasteiger partial charge in [-0.3, -0.25) is 4.79 Å². The molecule has 94 valence electrons. The smallest absolute Gasteiger partial charge is 0.320 e. The van der Waals surface area contributed by atoms with Gasteiger partial charge in [0.1, 0.15) is 6.04 Å². The number of aliphatic carboxylic acids is 1. The molecule has 1 aliphatic carbocycles. The van der Waals surface area contributed by atoms with Crippen LogP contribution >= 0.6 is 0 Å². The van der Waals surface area contributed by atoms with Crippen molar-refractivity contribution in [3.8, 4) is 0 Å². The summed E-state index contributed by atoms with van der Waals surface area (Å²) in [4.78, 5) is 11.0. The first-order valence-electron chi connectivity index (χ1n) is 6.33. The molecule has 16 heavy (non-hydrogen) atoms. The Bertz CT molecular complexity index is 239. The van der Waals surface area contributed by atoms with Crippen LogP contribution in [0.2, 0.25) is 0 Å². The van der Waals surface area contributed by atoms with Crippen molar-refractivity contribution in [3.63, 3.8) is 0 Å². The first-order valence-corrected chi connectivity index (χ1v) is 6.33. The highest BCUT2D eigenvalue weighted by Crippen LogP contribution is 2.41. The summed E-state index contributed by atoms with van der Waals surface area (Å²) in [6.45, 7) is 8.80. The second-order valence-electron chi connectivity index (χ2n) is 6.08. The van der Waals surface area contributed by atoms with Crippen molar-refractivity contribution in [1.82, 2.24) is 5.32 Å². The van der Waals surface area contributed by atoms with Crippen LogP contribution in [0.4, 0.5) is 0 Å². The van der Waals surface area contributed by atoms with Gasteiger partial charge in [-0.25, -0.2) is 0 Å². The highest BCUT2D eigenvalue weighted by Gasteiger charge is 2.38. The number of hydrogen-bond donors (Lipinski definition) is 2. The Hall–Kier alpha value is -0.570. The van der Waals surface area contributed by atoms with Gasteiger partial charge in [-0.05, 0) is 30.6 Å². The minimum absolute atomic E-state index is 0.351. The maximum Gasteiger partial charge on any atom is 0.320 e. The SMILES string of the molecule is CCCC(NC1CC(C(C)(C)C)C1)C(=O)O. The second kappa shape index (κ2) is 5.17. The van der Waals surface area contributed by atoms with Gasteiger partial charge in [0.2, 0.25) is 0 Å². The molecule has 0 aromatic carbocycles. The lowest BCUT2D eigenvalue weighted by atomic mass is 9.66. The average molecular weight is 227 g/mol. The quantitative estimate of drug-likeness (QED) is 0.759. The van der Waals surface area contributed by atoms with Crippen LogP contribution in [0, 0.1) is 11.3 Å². The molecule has 1 fully saturated rings. The molecule has 0 spiro atoms. The molecule has 0 radical (unpaired) electrons. The van der Waals surface area contributed by atoms with E-state index in [4.69, 9.17) is 5.11 Å². The molecule has 0 saturated heterocycles. The number of rotatable bonds is 5. The van der Waals surface area contributed by atoms with E-state index < -0.39 is 5.97 Å². The molecule has 3 heteroatoms. The summed E-state index contributed by atoms with van der Waals surface area (Å²) in [5, 5.41) is 12.3. The zero-order valence-electron chi connectivity index (χ0n) is 10.9. The van der Waals surface area contributed by atoms with E-state index in [0.717, 1.165) is 31.6 Å². The van der Waals surface area contributed by atoms with Crippen molar-refractivity contribution < 1.29 is 9.90 Å². The maximum atomic E-state index is 11.0. The van der Waals surface area contributed by atoms with Crippen molar-refractivity contribution in [3.05, 3.63) is 0 Å². The third-order valence-corrected chi connectivity index (χ3v) is 3.68. The lowest BCUT2D eigenvalue weighted by Crippen LogP contribution is -2.51. The van der Waals surface area contributed by atoms with E-state index in [0.29, 0.717) is 11.5 Å². The van der Waals surface area contributed by atoms with E-state index in [9.17, 15) is 4.79 Å². The molecule has 0 heterocycles. The van der Waals surface area contributed by atoms with Crippen LogP contribution in [-0.2, 0) is 4.79 Å². The number of nitrogens with one attached hydrogen (secondary N) is 1. The van der Waals surface area contributed by atoms with E-state index in [-0.39, 0.29) is 6.04 Å². The predicted molar refractivity (Wildman–Crippen MR) is 65.4 cm³/mol. The largest absolute Gasteiger partial charge is 0.480 e. The third-order valence-electron chi connectivity index (χ3n) is 3.68. The third kappa shape index (κ3) is 3.48. The van der Waals surface area contributed by atoms with Crippen LogP contribution in [0.3, 0.4) is 0 Å². The van der Waals surface area contributed by atoms with Crippen molar-refractivity contribution in [2.75, 3.05) is 0 Å². The predicted octanol–water partition coefficient (Wildman–Crippen LogP) is 2.65. The summed E-state index contributed by atoms with van der Waals surface area (Å²) in [6.07, 6.45) is 3.89. The van der Waals surface area contributed by atoms with E-state index in [1.165, 1.54) is 0 Å². The second-order valence-corrected chi connectivity index (χ2v) is 6.08. The van der Waals surface area contributed by atoms with E-state index >= 15 is 0 Å². The van der Waals surface area contributed by atoms with Gasteiger partial charge < -0.3 is 10.4 Å². The Morgan fingerprint density at radius 2 is 2.00 bits per heavy atom. The van der Waals surface area contributed by atoms with Crippen LogP contribution in [0.1, 0.15) is 53.4 Å². The highest BCUT2D eigenvalue weighted by molar-refractivity contribution is 5.73.